The van der Waals surface area contributed by atoms with Crippen LogP contribution >= 0.6 is 0 Å². The van der Waals surface area contributed by atoms with Crippen molar-refractivity contribution >= 4 is 27.7 Å². The topological polar surface area (TPSA) is 93.8 Å². The first-order valence-corrected chi connectivity index (χ1v) is 10.8. The van der Waals surface area contributed by atoms with Crippen LogP contribution in [-0.2, 0) is 11.2 Å². The molecule has 33 heavy (non-hydrogen) atoms. The highest BCUT2D eigenvalue weighted by molar-refractivity contribution is 6.02. The van der Waals surface area contributed by atoms with Crippen LogP contribution in [-0.4, -0.2) is 20.4 Å². The average molecular weight is 437 g/mol. The predicted octanol–water partition coefficient (Wildman–Crippen LogP) is 4.49. The van der Waals surface area contributed by atoms with Crippen LogP contribution in [0.3, 0.4) is 0 Å². The first kappa shape index (κ1) is 20.7. The Labute approximate surface area is 190 Å². The maximum atomic E-state index is 13.2. The number of para-hydroxylation sites is 1. The van der Waals surface area contributed by atoms with Crippen LogP contribution in [0.2, 0.25) is 0 Å². The third-order valence-electron chi connectivity index (χ3n) is 6.43. The van der Waals surface area contributed by atoms with E-state index in [1.54, 1.807) is 17.0 Å². The van der Waals surface area contributed by atoms with Gasteiger partial charge in [-0.05, 0) is 66.8 Å². The fourth-order valence-electron chi connectivity index (χ4n) is 4.62. The quantitative estimate of drug-likeness (QED) is 0.435. The third kappa shape index (κ3) is 3.31. The van der Waals surface area contributed by atoms with Crippen molar-refractivity contribution in [2.24, 2.45) is 5.73 Å². The molecule has 0 atom stereocenters. The third-order valence-corrected chi connectivity index (χ3v) is 6.43. The number of aromatic amines is 1. The first-order chi connectivity index (χ1) is 15.9. The minimum absolute atomic E-state index is 0.100. The Bertz CT molecular complexity index is 1630. The summed E-state index contributed by atoms with van der Waals surface area (Å²) in [5, 5.41) is 1.65. The van der Waals surface area contributed by atoms with Crippen molar-refractivity contribution in [3.8, 4) is 16.8 Å². The highest BCUT2D eigenvalue weighted by Gasteiger charge is 2.18. The van der Waals surface area contributed by atoms with Gasteiger partial charge in [-0.2, -0.15) is 0 Å². The van der Waals surface area contributed by atoms with E-state index in [0.29, 0.717) is 10.9 Å². The molecule has 0 spiro atoms. The van der Waals surface area contributed by atoms with Crippen LogP contribution in [0.5, 0.6) is 0 Å². The number of rotatable bonds is 4. The lowest BCUT2D eigenvalue weighted by atomic mass is 9.92. The molecule has 6 heteroatoms. The molecule has 0 bridgehead atoms. The zero-order chi connectivity index (χ0) is 23.3. The van der Waals surface area contributed by atoms with Crippen molar-refractivity contribution in [1.82, 2.24) is 14.5 Å². The Morgan fingerprint density at radius 2 is 1.76 bits per heavy atom. The van der Waals surface area contributed by atoms with Crippen molar-refractivity contribution in [1.29, 1.82) is 0 Å². The number of amides is 1. The molecule has 0 saturated heterocycles. The lowest BCUT2D eigenvalue weighted by Crippen LogP contribution is -2.19. The molecule has 0 radical (unpaired) electrons. The molecule has 3 aromatic carbocycles. The van der Waals surface area contributed by atoms with Crippen LogP contribution in [0.25, 0.3) is 38.6 Å². The van der Waals surface area contributed by atoms with E-state index in [1.165, 1.54) is 0 Å². The second-order valence-corrected chi connectivity index (χ2v) is 8.43. The van der Waals surface area contributed by atoms with Gasteiger partial charge in [0.15, 0.2) is 0 Å². The average Bonchev–Trinajstić information content (AvgIpc) is 3.10. The number of primary amides is 1. The lowest BCUT2D eigenvalue weighted by Gasteiger charge is -2.15. The standard InChI is InChI=1S/C27H24N4O2/c1-15-17(3)30-26-18(13-24(28)32)11-12-20(25(15)26)19-8-6-10-23(16(19)2)31-14-29-22-9-5-4-7-21(22)27(31)33/h4-12,14,30H,13H2,1-3H3,(H2,28,32). The highest BCUT2D eigenvalue weighted by Crippen LogP contribution is 2.37. The number of carbonyl (C=O) groups excluding carboxylic acids is 1. The van der Waals surface area contributed by atoms with Crippen LogP contribution in [0.15, 0.2) is 65.7 Å². The van der Waals surface area contributed by atoms with Gasteiger partial charge in [0.25, 0.3) is 5.56 Å². The molecule has 2 heterocycles. The molecule has 0 fully saturated rings. The van der Waals surface area contributed by atoms with Gasteiger partial charge in [0.2, 0.25) is 5.91 Å². The SMILES string of the molecule is Cc1[nH]c2c(CC(N)=O)ccc(-c3cccc(-n4cnc5ccccc5c4=O)c3C)c2c1C. The molecule has 1 amide bonds. The van der Waals surface area contributed by atoms with Gasteiger partial charge in [-0.25, -0.2) is 4.98 Å². The predicted molar refractivity (Wildman–Crippen MR) is 132 cm³/mol. The van der Waals surface area contributed by atoms with Gasteiger partial charge in [-0.1, -0.05) is 36.4 Å². The summed E-state index contributed by atoms with van der Waals surface area (Å²) in [6.07, 6.45) is 1.77. The molecular formula is C27H24N4O2. The zero-order valence-electron chi connectivity index (χ0n) is 18.8. The zero-order valence-corrected chi connectivity index (χ0v) is 18.8. The Morgan fingerprint density at radius 3 is 2.55 bits per heavy atom. The number of aryl methyl sites for hydroxylation is 2. The van der Waals surface area contributed by atoms with E-state index in [0.717, 1.165) is 50.1 Å². The van der Waals surface area contributed by atoms with E-state index in [9.17, 15) is 9.59 Å². The number of hydrogen-bond acceptors (Lipinski definition) is 3. The lowest BCUT2D eigenvalue weighted by molar-refractivity contribution is -0.117. The number of benzene rings is 3. The summed E-state index contributed by atoms with van der Waals surface area (Å²) in [4.78, 5) is 32.7. The molecule has 0 aliphatic heterocycles. The number of carbonyl (C=O) groups is 1. The second kappa shape index (κ2) is 7.74. The molecule has 0 unspecified atom stereocenters. The molecule has 0 saturated carbocycles. The highest BCUT2D eigenvalue weighted by atomic mass is 16.1. The Balaban J connectivity index is 1.75. The Morgan fingerprint density at radius 1 is 0.970 bits per heavy atom. The van der Waals surface area contributed by atoms with Crippen LogP contribution in [0, 0.1) is 20.8 Å². The Hall–Kier alpha value is -4.19. The first-order valence-electron chi connectivity index (χ1n) is 10.8. The minimum atomic E-state index is -0.365. The number of hydrogen-bond donors (Lipinski definition) is 2. The second-order valence-electron chi connectivity index (χ2n) is 8.43. The molecule has 0 aliphatic rings. The minimum Gasteiger partial charge on any atom is -0.369 e. The molecule has 164 valence electrons. The van der Waals surface area contributed by atoms with Crippen molar-refractivity contribution in [2.45, 2.75) is 27.2 Å². The van der Waals surface area contributed by atoms with Gasteiger partial charge in [-0.15, -0.1) is 0 Å². The fraction of sp³-hybridized carbons (Fsp3) is 0.148. The van der Waals surface area contributed by atoms with E-state index in [4.69, 9.17) is 5.73 Å². The van der Waals surface area contributed by atoms with E-state index in [-0.39, 0.29) is 17.9 Å². The van der Waals surface area contributed by atoms with Crippen LogP contribution < -0.4 is 11.3 Å². The normalized spacial score (nSPS) is 11.4. The number of fused-ring (bicyclic) bond motifs is 2. The maximum Gasteiger partial charge on any atom is 0.265 e. The molecule has 3 N–H and O–H groups in total. The number of aromatic nitrogens is 3. The molecular weight excluding hydrogens is 412 g/mol. The summed E-state index contributed by atoms with van der Waals surface area (Å²) in [5.74, 6) is -0.365. The van der Waals surface area contributed by atoms with Gasteiger partial charge in [0.1, 0.15) is 6.33 Å². The fourth-order valence-corrected chi connectivity index (χ4v) is 4.62. The number of nitrogens with two attached hydrogens (primary N) is 1. The summed E-state index contributed by atoms with van der Waals surface area (Å²) in [5.41, 5.74) is 13.9. The molecule has 2 aromatic heterocycles. The van der Waals surface area contributed by atoms with Crippen molar-refractivity contribution in [2.75, 3.05) is 0 Å². The monoisotopic (exact) mass is 436 g/mol. The van der Waals surface area contributed by atoms with Crippen LogP contribution in [0.4, 0.5) is 0 Å². The van der Waals surface area contributed by atoms with Gasteiger partial charge in [-0.3, -0.25) is 14.2 Å². The molecule has 6 nitrogen and oxygen atoms in total. The maximum absolute atomic E-state index is 13.2. The molecule has 5 rings (SSSR count). The van der Waals surface area contributed by atoms with Gasteiger partial charge >= 0.3 is 0 Å². The van der Waals surface area contributed by atoms with E-state index < -0.39 is 0 Å². The van der Waals surface area contributed by atoms with Gasteiger partial charge < -0.3 is 10.7 Å². The largest absolute Gasteiger partial charge is 0.369 e. The van der Waals surface area contributed by atoms with Crippen molar-refractivity contribution in [3.05, 3.63) is 93.7 Å². The summed E-state index contributed by atoms with van der Waals surface area (Å²) in [6.45, 7) is 6.11. The van der Waals surface area contributed by atoms with Gasteiger partial charge in [0.05, 0.1) is 28.5 Å². The summed E-state index contributed by atoms with van der Waals surface area (Å²) >= 11 is 0. The summed E-state index contributed by atoms with van der Waals surface area (Å²) in [6, 6.07) is 17.3. The molecule has 0 aliphatic carbocycles. The summed E-state index contributed by atoms with van der Waals surface area (Å²) in [7, 11) is 0. The van der Waals surface area contributed by atoms with E-state index in [1.807, 2.05) is 56.3 Å². The number of nitrogens with one attached hydrogen (secondary N) is 1. The van der Waals surface area contributed by atoms with Crippen LogP contribution in [0.1, 0.15) is 22.4 Å². The van der Waals surface area contributed by atoms with E-state index >= 15 is 0 Å². The Kier molecular flexibility index (Phi) is 4.86. The number of H-pyrrole nitrogens is 1. The van der Waals surface area contributed by atoms with E-state index in [2.05, 4.69) is 23.0 Å². The smallest absolute Gasteiger partial charge is 0.265 e. The molecule has 5 aromatic rings. The van der Waals surface area contributed by atoms with Crippen molar-refractivity contribution < 1.29 is 4.79 Å². The summed E-state index contributed by atoms with van der Waals surface area (Å²) < 4.78 is 1.61. The van der Waals surface area contributed by atoms with Gasteiger partial charge in [0, 0.05) is 11.1 Å². The van der Waals surface area contributed by atoms with Crippen molar-refractivity contribution in [3.63, 3.8) is 0 Å². The number of nitrogens with zero attached hydrogens (tertiary/aromatic N) is 2.